The molecule has 3 unspecified atom stereocenters. The number of carbonyl (C=O) groups is 3. The molecule has 9 heteroatoms. The molecule has 0 bridgehead atoms. The fraction of sp³-hybridized carbons (Fsp3) is 0.909. The Kier molecular flexibility index (Phi) is 15.6. The topological polar surface area (TPSA) is 100 Å². The van der Waals surface area contributed by atoms with E-state index in [2.05, 4.69) is 87.2 Å². The third kappa shape index (κ3) is 11.3. The molecule has 8 nitrogen and oxygen atoms in total. The maximum atomic E-state index is 13.9. The van der Waals surface area contributed by atoms with E-state index >= 15 is 0 Å². The molecule has 0 heterocycles. The van der Waals surface area contributed by atoms with E-state index in [1.54, 1.807) is 14.0 Å². The second-order valence-corrected chi connectivity index (χ2v) is 16.3. The fourth-order valence-corrected chi connectivity index (χ4v) is 5.56. The average molecular weight is 618 g/mol. The van der Waals surface area contributed by atoms with Gasteiger partial charge in [-0.25, -0.2) is 0 Å². The molecule has 0 radical (unpaired) electrons. The number of esters is 3. The van der Waals surface area contributed by atoms with Crippen molar-refractivity contribution in [2.45, 2.75) is 115 Å². The van der Waals surface area contributed by atoms with Crippen molar-refractivity contribution in [1.29, 1.82) is 0 Å². The van der Waals surface area contributed by atoms with Crippen LogP contribution >= 0.6 is 12.6 Å². The lowest BCUT2D eigenvalue weighted by Gasteiger charge is -2.56. The first-order chi connectivity index (χ1) is 18.9. The van der Waals surface area contributed by atoms with Crippen molar-refractivity contribution < 1.29 is 33.3 Å². The zero-order valence-electron chi connectivity index (χ0n) is 29.2. The minimum atomic E-state index is -0.911. The molecule has 0 rings (SSSR count). The van der Waals surface area contributed by atoms with Crippen molar-refractivity contribution in [3.05, 3.63) is 0 Å². The summed E-state index contributed by atoms with van der Waals surface area (Å²) in [7, 11) is 1.67. The molecule has 0 saturated heterocycles. The number of hydrogen-bond donors (Lipinski definition) is 2. The molecular weight excluding hydrogens is 554 g/mol. The highest BCUT2D eigenvalue weighted by atomic mass is 32.1. The summed E-state index contributed by atoms with van der Waals surface area (Å²) in [4.78, 5) is 39.4. The number of rotatable bonds is 18. The van der Waals surface area contributed by atoms with Crippen molar-refractivity contribution in [3.8, 4) is 0 Å². The van der Waals surface area contributed by atoms with E-state index < -0.39 is 38.3 Å². The van der Waals surface area contributed by atoms with Crippen LogP contribution < -0.4 is 5.32 Å². The Morgan fingerprint density at radius 3 is 1.67 bits per heavy atom. The summed E-state index contributed by atoms with van der Waals surface area (Å²) in [5.74, 6) is -1.02. The van der Waals surface area contributed by atoms with Gasteiger partial charge < -0.3 is 24.3 Å². The summed E-state index contributed by atoms with van der Waals surface area (Å²) < 4.78 is 21.8. The molecule has 248 valence electrons. The van der Waals surface area contributed by atoms with Crippen molar-refractivity contribution in [3.63, 3.8) is 0 Å². The smallest absolute Gasteiger partial charge is 0.318 e. The van der Waals surface area contributed by atoms with E-state index in [4.69, 9.17) is 18.9 Å². The lowest BCUT2D eigenvalue weighted by Crippen LogP contribution is -2.56. The van der Waals surface area contributed by atoms with Gasteiger partial charge in [-0.2, -0.15) is 12.6 Å². The Morgan fingerprint density at radius 2 is 1.19 bits per heavy atom. The molecule has 0 aromatic heterocycles. The molecule has 0 amide bonds. The molecule has 0 aromatic rings. The number of carbonyl (C=O) groups excluding carboxylic acids is 3. The summed E-state index contributed by atoms with van der Waals surface area (Å²) in [5.41, 5.74) is -3.42. The van der Waals surface area contributed by atoms with E-state index in [1.807, 2.05) is 13.8 Å². The molecule has 0 aliphatic heterocycles. The molecule has 3 atom stereocenters. The minimum Gasteiger partial charge on any atom is -0.465 e. The van der Waals surface area contributed by atoms with Gasteiger partial charge in [0.25, 0.3) is 0 Å². The lowest BCUT2D eigenvalue weighted by atomic mass is 9.47. The predicted molar refractivity (Wildman–Crippen MR) is 173 cm³/mol. The van der Waals surface area contributed by atoms with E-state index in [0.717, 1.165) is 13.1 Å². The van der Waals surface area contributed by atoms with Crippen LogP contribution in [0, 0.1) is 32.5 Å². The maximum absolute atomic E-state index is 13.9. The quantitative estimate of drug-likeness (QED) is 0.0779. The summed E-state index contributed by atoms with van der Waals surface area (Å²) >= 11 is 4.08. The minimum absolute atomic E-state index is 0.0271. The van der Waals surface area contributed by atoms with Crippen LogP contribution in [0.4, 0.5) is 0 Å². The van der Waals surface area contributed by atoms with Gasteiger partial charge in [0.15, 0.2) is 0 Å². The van der Waals surface area contributed by atoms with E-state index in [0.29, 0.717) is 32.5 Å². The second kappa shape index (κ2) is 16.1. The summed E-state index contributed by atoms with van der Waals surface area (Å²) in [6.07, 6.45) is 1.78. The molecule has 0 fully saturated rings. The van der Waals surface area contributed by atoms with E-state index in [-0.39, 0.29) is 30.6 Å². The Hall–Kier alpha value is -1.32. The number of thiol groups is 1. The summed E-state index contributed by atoms with van der Waals surface area (Å²) in [6, 6.07) is 0. The fourth-order valence-electron chi connectivity index (χ4n) is 5.48. The first-order valence-corrected chi connectivity index (χ1v) is 15.8. The van der Waals surface area contributed by atoms with E-state index in [9.17, 15) is 14.4 Å². The molecular formula is C33H63NO7S. The zero-order valence-corrected chi connectivity index (χ0v) is 30.1. The Balaban J connectivity index is 6.05. The molecule has 1 N–H and O–H groups in total. The van der Waals surface area contributed by atoms with E-state index in [1.165, 1.54) is 0 Å². The first-order valence-electron chi connectivity index (χ1n) is 15.3. The lowest BCUT2D eigenvalue weighted by molar-refractivity contribution is -0.183. The standard InChI is InChI=1S/C33H63NO7S/c1-24(42)25(35)39-20-21-41-27(37)33(13,22-28(2,3)4)31(10,11)30(8,9)23-32(12,29(5,6)7)26(36)40-18-15-16-34-17-19-38-14/h24,34,42H,15-23H2,1-14H3. The van der Waals surface area contributed by atoms with Gasteiger partial charge in [-0.05, 0) is 68.2 Å². The van der Waals surface area contributed by atoms with Crippen LogP contribution in [0.5, 0.6) is 0 Å². The van der Waals surface area contributed by atoms with Gasteiger partial charge in [-0.15, -0.1) is 0 Å². The van der Waals surface area contributed by atoms with Crippen molar-refractivity contribution >= 4 is 30.5 Å². The molecule has 0 saturated carbocycles. The van der Waals surface area contributed by atoms with Crippen LogP contribution in [0.25, 0.3) is 0 Å². The highest BCUT2D eigenvalue weighted by molar-refractivity contribution is 7.81. The van der Waals surface area contributed by atoms with Crippen LogP contribution in [-0.2, 0) is 33.3 Å². The predicted octanol–water partition coefficient (Wildman–Crippen LogP) is 6.50. The number of hydrogen-bond acceptors (Lipinski definition) is 9. The number of methoxy groups -OCH3 is 1. The van der Waals surface area contributed by atoms with Crippen LogP contribution in [0.2, 0.25) is 0 Å². The molecule has 0 aliphatic rings. The number of nitrogens with one attached hydrogen (secondary N) is 1. The Bertz CT molecular complexity index is 873. The van der Waals surface area contributed by atoms with Crippen molar-refractivity contribution in [2.24, 2.45) is 32.5 Å². The van der Waals surface area contributed by atoms with Crippen molar-refractivity contribution in [1.82, 2.24) is 5.32 Å². The van der Waals surface area contributed by atoms with Crippen LogP contribution in [-0.4, -0.2) is 69.8 Å². The maximum Gasteiger partial charge on any atom is 0.318 e. The average Bonchev–Trinajstić information content (AvgIpc) is 2.83. The van der Waals surface area contributed by atoms with Gasteiger partial charge in [-0.1, -0.05) is 69.2 Å². The second-order valence-electron chi connectivity index (χ2n) is 15.5. The van der Waals surface area contributed by atoms with Gasteiger partial charge in [0, 0.05) is 13.7 Å². The molecule has 0 aliphatic carbocycles. The normalized spacial score (nSPS) is 16.6. The SMILES string of the molecule is COCCNCCCOC(=O)C(C)(CC(C)(C)C(C)(C)C(C)(CC(C)(C)C)C(=O)OCCOC(=O)C(C)S)C(C)(C)C. The third-order valence-electron chi connectivity index (χ3n) is 9.42. The summed E-state index contributed by atoms with van der Waals surface area (Å²) in [5, 5.41) is 2.73. The molecule has 0 aromatic carbocycles. The highest BCUT2D eigenvalue weighted by Gasteiger charge is 2.60. The summed E-state index contributed by atoms with van der Waals surface area (Å²) in [6.45, 7) is 29.0. The van der Waals surface area contributed by atoms with Gasteiger partial charge in [0.05, 0.1) is 29.3 Å². The zero-order chi connectivity index (χ0) is 33.2. The van der Waals surface area contributed by atoms with Crippen molar-refractivity contribution in [2.75, 3.05) is 46.6 Å². The third-order valence-corrected chi connectivity index (χ3v) is 9.63. The van der Waals surface area contributed by atoms with Crippen LogP contribution in [0.15, 0.2) is 0 Å². The number of ether oxygens (including phenoxy) is 4. The Morgan fingerprint density at radius 1 is 0.690 bits per heavy atom. The monoisotopic (exact) mass is 617 g/mol. The first kappa shape index (κ1) is 40.7. The largest absolute Gasteiger partial charge is 0.465 e. The van der Waals surface area contributed by atoms with Gasteiger partial charge >= 0.3 is 17.9 Å². The molecule has 42 heavy (non-hydrogen) atoms. The van der Waals surface area contributed by atoms with Gasteiger partial charge in [0.2, 0.25) is 0 Å². The van der Waals surface area contributed by atoms with Crippen LogP contribution in [0.1, 0.15) is 109 Å². The van der Waals surface area contributed by atoms with Gasteiger partial charge in [-0.3, -0.25) is 14.4 Å². The highest BCUT2D eigenvalue weighted by Crippen LogP contribution is 2.61. The molecule has 0 spiro atoms. The van der Waals surface area contributed by atoms with Gasteiger partial charge in [0.1, 0.15) is 13.2 Å². The van der Waals surface area contributed by atoms with Crippen LogP contribution in [0.3, 0.4) is 0 Å². The Labute approximate surface area is 262 Å².